The number of carbonyl (C=O) groups is 1. The maximum absolute atomic E-state index is 13.0. The minimum Gasteiger partial charge on any atom is -0.310 e. The van der Waals surface area contributed by atoms with E-state index in [2.05, 4.69) is 20.0 Å². The lowest BCUT2D eigenvalue weighted by molar-refractivity contribution is -0.117. The minimum atomic E-state index is -3.70. The number of fused-ring (bicyclic) bond motifs is 2. The number of hydrogen-bond donors (Lipinski definition) is 3. The molecule has 0 spiro atoms. The highest BCUT2D eigenvalue weighted by Gasteiger charge is 2.31. The Morgan fingerprint density at radius 1 is 1.13 bits per heavy atom. The van der Waals surface area contributed by atoms with Crippen LogP contribution in [0.25, 0.3) is 10.8 Å². The van der Waals surface area contributed by atoms with Crippen molar-refractivity contribution in [2.24, 2.45) is 4.99 Å². The first-order valence-electron chi connectivity index (χ1n) is 10.0. The lowest BCUT2D eigenvalue weighted by Crippen LogP contribution is -2.31. The lowest BCUT2D eigenvalue weighted by Gasteiger charge is -2.14. The zero-order valence-corrected chi connectivity index (χ0v) is 17.7. The van der Waals surface area contributed by atoms with Gasteiger partial charge < -0.3 is 10.3 Å². The van der Waals surface area contributed by atoms with E-state index in [-0.39, 0.29) is 22.1 Å². The van der Waals surface area contributed by atoms with Crippen molar-refractivity contribution in [2.45, 2.75) is 37.1 Å². The highest BCUT2D eigenvalue weighted by atomic mass is 32.2. The van der Waals surface area contributed by atoms with Crippen molar-refractivity contribution >= 4 is 38.4 Å². The number of nitrogens with zero attached hydrogens (tertiary/aromatic N) is 1. The molecule has 2 aromatic carbocycles. The van der Waals surface area contributed by atoms with Gasteiger partial charge >= 0.3 is 0 Å². The molecule has 0 saturated heterocycles. The van der Waals surface area contributed by atoms with Crippen LogP contribution in [0.5, 0.6) is 0 Å². The molecule has 1 amide bonds. The molecular formula is C22H22N4O4S. The summed E-state index contributed by atoms with van der Waals surface area (Å²) in [6.07, 6.45) is 2.02. The van der Waals surface area contributed by atoms with Crippen molar-refractivity contribution < 1.29 is 13.2 Å². The Morgan fingerprint density at radius 2 is 1.87 bits per heavy atom. The van der Waals surface area contributed by atoms with E-state index in [0.717, 1.165) is 12.8 Å². The van der Waals surface area contributed by atoms with Crippen LogP contribution in [0.2, 0.25) is 0 Å². The molecule has 0 aliphatic carbocycles. The van der Waals surface area contributed by atoms with Crippen LogP contribution >= 0.6 is 0 Å². The summed E-state index contributed by atoms with van der Waals surface area (Å²) in [6, 6.07) is 14.5. The predicted octanol–water partition coefficient (Wildman–Crippen LogP) is 2.76. The van der Waals surface area contributed by atoms with Crippen molar-refractivity contribution in [1.82, 2.24) is 9.71 Å². The Balaban J connectivity index is 1.65. The summed E-state index contributed by atoms with van der Waals surface area (Å²) in [5, 5.41) is 3.96. The Morgan fingerprint density at radius 3 is 2.68 bits per heavy atom. The van der Waals surface area contributed by atoms with E-state index in [1.165, 1.54) is 6.07 Å². The minimum absolute atomic E-state index is 0.141. The molecule has 1 aliphatic heterocycles. The summed E-state index contributed by atoms with van der Waals surface area (Å²) in [5.74, 6) is -0.00267. The Bertz CT molecular complexity index is 1340. The third-order valence-corrected chi connectivity index (χ3v) is 6.49. The third-order valence-electron chi connectivity index (χ3n) is 5.09. The molecule has 160 valence electrons. The molecule has 0 radical (unpaired) electrons. The fourth-order valence-electron chi connectivity index (χ4n) is 3.53. The molecule has 31 heavy (non-hydrogen) atoms. The van der Waals surface area contributed by atoms with Crippen LogP contribution in [0, 0.1) is 0 Å². The van der Waals surface area contributed by atoms with Gasteiger partial charge in [-0.1, -0.05) is 50.1 Å². The van der Waals surface area contributed by atoms with Crippen LogP contribution in [-0.2, 0) is 14.8 Å². The summed E-state index contributed by atoms with van der Waals surface area (Å²) < 4.78 is 27.1. The quantitative estimate of drug-likeness (QED) is 0.548. The second kappa shape index (κ2) is 8.35. The molecule has 0 unspecified atom stereocenters. The van der Waals surface area contributed by atoms with Crippen LogP contribution in [0.15, 0.2) is 69.3 Å². The van der Waals surface area contributed by atoms with E-state index in [4.69, 9.17) is 0 Å². The van der Waals surface area contributed by atoms with Gasteiger partial charge in [0.25, 0.3) is 15.6 Å². The number of anilines is 1. The van der Waals surface area contributed by atoms with E-state index < -0.39 is 22.0 Å². The van der Waals surface area contributed by atoms with Crippen molar-refractivity contribution in [1.29, 1.82) is 0 Å². The van der Waals surface area contributed by atoms with E-state index in [0.29, 0.717) is 22.8 Å². The number of aromatic nitrogens is 1. The summed E-state index contributed by atoms with van der Waals surface area (Å²) in [4.78, 5) is 32.6. The summed E-state index contributed by atoms with van der Waals surface area (Å²) in [5.41, 5.74) is 0.137. The number of nitrogens with one attached hydrogen (secondary N) is 3. The van der Waals surface area contributed by atoms with Gasteiger partial charge in [-0.05, 0) is 36.1 Å². The number of amides is 1. The van der Waals surface area contributed by atoms with Gasteiger partial charge in [-0.15, -0.1) is 0 Å². The zero-order chi connectivity index (χ0) is 22.0. The Kier molecular flexibility index (Phi) is 5.60. The standard InChI is InChI=1S/C22H22N4O4S/c1-2-3-11-17(23-20-16-10-6-7-12-18(16)31(29,30)26-20)22(28)25-19-13-14-8-4-5-9-15(14)21(27)24-19/h4-10,12-13,17H,2-3,11H2,1H3,(H,23,26)(H2,24,25,27,28)/t17-/m0/s1. The van der Waals surface area contributed by atoms with Crippen LogP contribution < -0.4 is 15.6 Å². The molecule has 4 rings (SSSR count). The lowest BCUT2D eigenvalue weighted by atomic mass is 10.1. The molecule has 2 heterocycles. The Hall–Kier alpha value is -3.46. The first-order valence-corrected chi connectivity index (χ1v) is 11.5. The number of sulfonamides is 1. The van der Waals surface area contributed by atoms with Gasteiger partial charge in [0, 0.05) is 10.9 Å². The Labute approximate surface area is 179 Å². The molecule has 1 atom stereocenters. The zero-order valence-electron chi connectivity index (χ0n) is 16.9. The van der Waals surface area contributed by atoms with Crippen molar-refractivity contribution in [3.63, 3.8) is 0 Å². The van der Waals surface area contributed by atoms with Crippen LogP contribution in [0.4, 0.5) is 5.82 Å². The number of carbonyl (C=O) groups excluding carboxylic acids is 1. The van der Waals surface area contributed by atoms with Gasteiger partial charge in [0.1, 0.15) is 17.7 Å². The van der Waals surface area contributed by atoms with Gasteiger partial charge in [0.2, 0.25) is 5.91 Å². The van der Waals surface area contributed by atoms with Crippen molar-refractivity contribution in [3.8, 4) is 0 Å². The number of pyridine rings is 1. The van der Waals surface area contributed by atoms with Crippen molar-refractivity contribution in [2.75, 3.05) is 5.32 Å². The number of benzene rings is 2. The maximum Gasteiger partial charge on any atom is 0.263 e. The average molecular weight is 439 g/mol. The van der Waals surface area contributed by atoms with Crippen molar-refractivity contribution in [3.05, 3.63) is 70.5 Å². The maximum atomic E-state index is 13.0. The summed E-state index contributed by atoms with van der Waals surface area (Å²) in [7, 11) is -3.70. The molecular weight excluding hydrogens is 416 g/mol. The second-order valence-electron chi connectivity index (χ2n) is 7.33. The van der Waals surface area contributed by atoms with Gasteiger partial charge in [0.05, 0.1) is 4.90 Å². The number of unbranched alkanes of at least 4 members (excludes halogenated alkanes) is 1. The first kappa shape index (κ1) is 20.8. The van der Waals surface area contributed by atoms with Gasteiger partial charge in [0.15, 0.2) is 0 Å². The monoisotopic (exact) mass is 438 g/mol. The van der Waals surface area contributed by atoms with Crippen LogP contribution in [0.3, 0.4) is 0 Å². The summed E-state index contributed by atoms with van der Waals surface area (Å²) >= 11 is 0. The molecule has 3 N–H and O–H groups in total. The molecule has 1 aromatic heterocycles. The van der Waals surface area contributed by atoms with E-state index >= 15 is 0 Å². The second-order valence-corrected chi connectivity index (χ2v) is 8.98. The molecule has 1 aliphatic rings. The number of aromatic amines is 1. The summed E-state index contributed by atoms with van der Waals surface area (Å²) in [6.45, 7) is 2.00. The van der Waals surface area contributed by atoms with Gasteiger partial charge in [-0.25, -0.2) is 8.42 Å². The molecule has 0 fully saturated rings. The molecule has 0 bridgehead atoms. The highest BCUT2D eigenvalue weighted by molar-refractivity contribution is 7.90. The largest absolute Gasteiger partial charge is 0.310 e. The number of aliphatic imine (C=N–C) groups is 1. The van der Waals surface area contributed by atoms with Gasteiger partial charge in [-0.2, -0.15) is 0 Å². The smallest absolute Gasteiger partial charge is 0.263 e. The first-order chi connectivity index (χ1) is 14.9. The van der Waals surface area contributed by atoms with Crippen LogP contribution in [0.1, 0.15) is 31.7 Å². The molecule has 3 aromatic rings. The average Bonchev–Trinajstić information content (AvgIpc) is 3.01. The van der Waals surface area contributed by atoms with E-state index in [1.807, 2.05) is 13.0 Å². The number of rotatable bonds is 6. The highest BCUT2D eigenvalue weighted by Crippen LogP contribution is 2.23. The fourth-order valence-corrected chi connectivity index (χ4v) is 4.77. The normalized spacial score (nSPS) is 16.6. The topological polar surface area (TPSA) is 120 Å². The van der Waals surface area contributed by atoms with Crippen LogP contribution in [-0.4, -0.2) is 31.2 Å². The number of H-pyrrole nitrogens is 1. The fraction of sp³-hybridized carbons (Fsp3) is 0.227. The molecule has 9 heteroatoms. The number of hydrogen-bond acceptors (Lipinski definition) is 5. The van der Waals surface area contributed by atoms with E-state index in [1.54, 1.807) is 42.5 Å². The predicted molar refractivity (Wildman–Crippen MR) is 120 cm³/mol. The third kappa shape index (κ3) is 4.22. The molecule has 0 saturated carbocycles. The number of amidine groups is 1. The van der Waals surface area contributed by atoms with Gasteiger partial charge in [-0.3, -0.25) is 19.3 Å². The molecule has 8 nitrogen and oxygen atoms in total. The SMILES string of the molecule is CCCC[C@H](N=C1NS(=O)(=O)c2ccccc21)C(=O)Nc1cc2ccccc2c(=O)[nH]1. The van der Waals surface area contributed by atoms with E-state index in [9.17, 15) is 18.0 Å².